The third kappa shape index (κ3) is 5.65. The summed E-state index contributed by atoms with van der Waals surface area (Å²) < 4.78 is 12.2. The summed E-state index contributed by atoms with van der Waals surface area (Å²) in [4.78, 5) is 39.9. The van der Waals surface area contributed by atoms with E-state index in [-0.39, 0.29) is 18.1 Å². The predicted octanol–water partition coefficient (Wildman–Crippen LogP) is 3.25. The van der Waals surface area contributed by atoms with Crippen LogP contribution in [0.3, 0.4) is 0 Å². The first-order valence-electron chi connectivity index (χ1n) is 12.7. The van der Waals surface area contributed by atoms with E-state index in [9.17, 15) is 9.59 Å². The van der Waals surface area contributed by atoms with Gasteiger partial charge in [0.15, 0.2) is 0 Å². The number of hydrogen-bond donors (Lipinski definition) is 2. The number of aryl methyl sites for hydroxylation is 1. The minimum Gasteiger partial charge on any atom is -0.450 e. The van der Waals surface area contributed by atoms with Crippen LogP contribution in [0.4, 0.5) is 10.7 Å². The zero-order chi connectivity index (χ0) is 25.8. The highest BCUT2D eigenvalue weighted by Crippen LogP contribution is 2.40. The molecule has 1 saturated heterocycles. The molecule has 2 N–H and O–H groups in total. The van der Waals surface area contributed by atoms with Crippen molar-refractivity contribution in [2.45, 2.75) is 32.7 Å². The molecular formula is C27H32N6O4. The van der Waals surface area contributed by atoms with Gasteiger partial charge in [-0.05, 0) is 55.7 Å². The van der Waals surface area contributed by atoms with E-state index in [4.69, 9.17) is 9.47 Å². The van der Waals surface area contributed by atoms with Gasteiger partial charge in [-0.1, -0.05) is 6.07 Å². The molecule has 10 nitrogen and oxygen atoms in total. The number of carbonyl (C=O) groups excluding carboxylic acids is 1. The van der Waals surface area contributed by atoms with Gasteiger partial charge in [0.1, 0.15) is 0 Å². The summed E-state index contributed by atoms with van der Waals surface area (Å²) in [5.74, 6) is 0.210. The second kappa shape index (κ2) is 11.1. The van der Waals surface area contributed by atoms with E-state index in [2.05, 4.69) is 31.2 Å². The zero-order valence-electron chi connectivity index (χ0n) is 21.2. The Labute approximate surface area is 215 Å². The van der Waals surface area contributed by atoms with Gasteiger partial charge in [-0.2, -0.15) is 0 Å². The first-order chi connectivity index (χ1) is 18.0. The van der Waals surface area contributed by atoms with Crippen LogP contribution in [0.15, 0.2) is 41.3 Å². The molecule has 5 rings (SSSR count). The Morgan fingerprint density at radius 1 is 1.24 bits per heavy atom. The largest absolute Gasteiger partial charge is 0.450 e. The number of carbonyl (C=O) groups is 1. The van der Waals surface area contributed by atoms with Crippen molar-refractivity contribution >= 4 is 23.7 Å². The summed E-state index contributed by atoms with van der Waals surface area (Å²) in [6.45, 7) is 8.73. The summed E-state index contributed by atoms with van der Waals surface area (Å²) in [5, 5.41) is 2.65. The molecular weight excluding hydrogens is 472 g/mol. The van der Waals surface area contributed by atoms with Gasteiger partial charge in [-0.3, -0.25) is 20.0 Å². The van der Waals surface area contributed by atoms with Crippen LogP contribution in [0.2, 0.25) is 0 Å². The van der Waals surface area contributed by atoms with Crippen molar-refractivity contribution < 1.29 is 14.3 Å². The maximum absolute atomic E-state index is 13.2. The van der Waals surface area contributed by atoms with Gasteiger partial charge in [-0.25, -0.2) is 9.78 Å². The van der Waals surface area contributed by atoms with Crippen molar-refractivity contribution in [1.29, 1.82) is 0 Å². The third-order valence-corrected chi connectivity index (χ3v) is 6.83. The smallest absolute Gasteiger partial charge is 0.413 e. The van der Waals surface area contributed by atoms with Crippen LogP contribution in [0.5, 0.6) is 0 Å². The Kier molecular flexibility index (Phi) is 7.47. The Balaban J connectivity index is 1.44. The molecule has 4 heterocycles. The number of rotatable bonds is 7. The van der Waals surface area contributed by atoms with Gasteiger partial charge >= 0.3 is 6.09 Å². The molecule has 0 saturated carbocycles. The number of imidazole rings is 1. The summed E-state index contributed by atoms with van der Waals surface area (Å²) in [6.07, 6.45) is 3.82. The van der Waals surface area contributed by atoms with Crippen molar-refractivity contribution in [2.24, 2.45) is 0 Å². The van der Waals surface area contributed by atoms with Gasteiger partial charge in [0.05, 0.1) is 31.2 Å². The molecule has 1 aliphatic carbocycles. The fraction of sp³-hybridized carbons (Fsp3) is 0.407. The first-order valence-corrected chi connectivity index (χ1v) is 12.7. The SMILES string of the molecule is CCOC(=O)Nc1nc2c([nH]1)C(c1ccccn1)CC(c1cc(C)n(CCN3CCOCC3)c(=O)c1)=C2. The van der Waals surface area contributed by atoms with E-state index in [0.717, 1.165) is 61.1 Å². The number of fused-ring (bicyclic) bond motifs is 1. The van der Waals surface area contributed by atoms with E-state index < -0.39 is 6.09 Å². The van der Waals surface area contributed by atoms with Crippen molar-refractivity contribution in [3.63, 3.8) is 0 Å². The molecule has 1 unspecified atom stereocenters. The van der Waals surface area contributed by atoms with Crippen LogP contribution in [-0.2, 0) is 16.0 Å². The lowest BCUT2D eigenvalue weighted by molar-refractivity contribution is 0.0362. The highest BCUT2D eigenvalue weighted by molar-refractivity contribution is 5.86. The van der Waals surface area contributed by atoms with Crippen LogP contribution in [0.1, 0.15) is 47.6 Å². The molecule has 1 atom stereocenters. The fourth-order valence-corrected chi connectivity index (χ4v) is 4.95. The average molecular weight is 505 g/mol. The number of nitrogens with zero attached hydrogens (tertiary/aromatic N) is 4. The minimum atomic E-state index is -0.566. The van der Waals surface area contributed by atoms with Crippen molar-refractivity contribution in [3.05, 3.63) is 75.2 Å². The third-order valence-electron chi connectivity index (χ3n) is 6.83. The highest BCUT2D eigenvalue weighted by Gasteiger charge is 2.29. The zero-order valence-corrected chi connectivity index (χ0v) is 21.2. The molecule has 1 fully saturated rings. The molecule has 3 aromatic heterocycles. The lowest BCUT2D eigenvalue weighted by Crippen LogP contribution is -2.39. The number of amides is 1. The number of morpholine rings is 1. The summed E-state index contributed by atoms with van der Waals surface area (Å²) in [7, 11) is 0. The Morgan fingerprint density at radius 2 is 2.08 bits per heavy atom. The minimum absolute atomic E-state index is 0.0176. The van der Waals surface area contributed by atoms with E-state index in [1.54, 1.807) is 19.2 Å². The molecule has 0 spiro atoms. The average Bonchev–Trinajstić information content (AvgIpc) is 3.31. The number of anilines is 1. The van der Waals surface area contributed by atoms with Crippen molar-refractivity contribution in [3.8, 4) is 0 Å². The molecule has 3 aromatic rings. The maximum atomic E-state index is 13.2. The van der Waals surface area contributed by atoms with Crippen LogP contribution in [0.25, 0.3) is 11.6 Å². The summed E-state index contributed by atoms with van der Waals surface area (Å²) in [5.41, 5.74) is 5.23. The van der Waals surface area contributed by atoms with Crippen LogP contribution < -0.4 is 10.9 Å². The monoisotopic (exact) mass is 504 g/mol. The van der Waals surface area contributed by atoms with Gasteiger partial charge in [-0.15, -0.1) is 0 Å². The lowest BCUT2D eigenvalue weighted by Gasteiger charge is -2.27. The van der Waals surface area contributed by atoms with E-state index >= 15 is 0 Å². The summed E-state index contributed by atoms with van der Waals surface area (Å²) in [6, 6.07) is 9.59. The number of pyridine rings is 2. The molecule has 37 heavy (non-hydrogen) atoms. The number of nitrogens with one attached hydrogen (secondary N) is 2. The normalized spacial score (nSPS) is 17.7. The lowest BCUT2D eigenvalue weighted by atomic mass is 9.84. The van der Waals surface area contributed by atoms with Gasteiger partial charge in [0, 0.05) is 55.7 Å². The molecule has 10 heteroatoms. The van der Waals surface area contributed by atoms with E-state index in [1.165, 1.54) is 0 Å². The molecule has 0 radical (unpaired) electrons. The standard InChI is InChI=1S/C27H32N6O4/c1-3-37-27(35)31-26-29-23-16-20(15-21(25(23)30-26)22-6-4-5-7-28-22)19-14-18(2)33(24(34)17-19)9-8-32-10-12-36-13-11-32/h4-7,14,16-17,21H,3,8-13,15H2,1-2H3,(H2,29,30,31,35). The predicted molar refractivity (Wildman–Crippen MR) is 140 cm³/mol. The topological polar surface area (TPSA) is 114 Å². The Morgan fingerprint density at radius 3 is 2.81 bits per heavy atom. The number of aromatic nitrogens is 4. The van der Waals surface area contributed by atoms with Crippen molar-refractivity contribution in [1.82, 2.24) is 24.4 Å². The van der Waals surface area contributed by atoms with Gasteiger partial charge in [0.2, 0.25) is 5.95 Å². The Hall–Kier alpha value is -3.76. The fourth-order valence-electron chi connectivity index (χ4n) is 4.95. The van der Waals surface area contributed by atoms with Crippen LogP contribution in [0, 0.1) is 6.92 Å². The number of H-pyrrole nitrogens is 1. The first kappa shape index (κ1) is 24.9. The Bertz CT molecular complexity index is 1340. The molecule has 1 aliphatic heterocycles. The molecule has 0 bridgehead atoms. The maximum Gasteiger partial charge on any atom is 0.413 e. The number of aromatic amines is 1. The number of allylic oxidation sites excluding steroid dienone is 1. The number of hydrogen-bond acceptors (Lipinski definition) is 7. The van der Waals surface area contributed by atoms with Crippen LogP contribution in [-0.4, -0.2) is 70.0 Å². The highest BCUT2D eigenvalue weighted by atomic mass is 16.5. The quantitative estimate of drug-likeness (QED) is 0.508. The molecule has 0 aromatic carbocycles. The number of ether oxygens (including phenoxy) is 2. The molecule has 1 amide bonds. The van der Waals surface area contributed by atoms with Gasteiger partial charge < -0.3 is 19.0 Å². The second-order valence-corrected chi connectivity index (χ2v) is 9.24. The molecule has 2 aliphatic rings. The second-order valence-electron chi connectivity index (χ2n) is 9.24. The summed E-state index contributed by atoms with van der Waals surface area (Å²) >= 11 is 0. The van der Waals surface area contributed by atoms with Crippen molar-refractivity contribution in [2.75, 3.05) is 44.8 Å². The van der Waals surface area contributed by atoms with E-state index in [1.807, 2.05) is 35.8 Å². The van der Waals surface area contributed by atoms with Crippen LogP contribution >= 0.6 is 0 Å². The molecule has 194 valence electrons. The van der Waals surface area contributed by atoms with E-state index in [0.29, 0.717) is 24.6 Å². The van der Waals surface area contributed by atoms with Gasteiger partial charge in [0.25, 0.3) is 5.56 Å².